The number of benzene rings is 1. The van der Waals surface area contributed by atoms with Crippen molar-refractivity contribution in [3.05, 3.63) is 107 Å². The highest BCUT2D eigenvalue weighted by Gasteiger charge is 2.41. The number of nitrogens with zero attached hydrogens (tertiary/aromatic N) is 4. The molecule has 1 aromatic carbocycles. The number of para-hydroxylation sites is 2. The Morgan fingerprint density at radius 1 is 1.00 bits per heavy atom. The summed E-state index contributed by atoms with van der Waals surface area (Å²) >= 11 is 5.82. The summed E-state index contributed by atoms with van der Waals surface area (Å²) in [6, 6.07) is 19.4. The van der Waals surface area contributed by atoms with Crippen LogP contribution in [0.2, 0.25) is 0 Å². The minimum absolute atomic E-state index is 0.0635. The number of pyridine rings is 2. The van der Waals surface area contributed by atoms with E-state index in [2.05, 4.69) is 44.7 Å². The summed E-state index contributed by atoms with van der Waals surface area (Å²) in [5.74, 6) is 0.251. The van der Waals surface area contributed by atoms with Crippen molar-refractivity contribution in [1.82, 2.24) is 24.8 Å². The second-order valence-electron chi connectivity index (χ2n) is 8.26. The summed E-state index contributed by atoms with van der Waals surface area (Å²) in [7, 11) is 0. The molecule has 2 atom stereocenters. The fourth-order valence-corrected chi connectivity index (χ4v) is 5.02. The number of phenols is 1. The van der Waals surface area contributed by atoms with Crippen LogP contribution in [0.3, 0.4) is 0 Å². The molecule has 7 heteroatoms. The van der Waals surface area contributed by atoms with E-state index < -0.39 is 0 Å². The van der Waals surface area contributed by atoms with Gasteiger partial charge < -0.3 is 19.9 Å². The predicted octanol–water partition coefficient (Wildman–Crippen LogP) is 4.76. The van der Waals surface area contributed by atoms with Crippen molar-refractivity contribution in [2.45, 2.75) is 32.5 Å². The number of nitrogens with one attached hydrogen (secondary N) is 1. The molecular weight excluding hydrogens is 430 g/mol. The van der Waals surface area contributed by atoms with Gasteiger partial charge in [0.25, 0.3) is 0 Å². The van der Waals surface area contributed by atoms with E-state index in [1.807, 2.05) is 54.7 Å². The molecule has 4 heterocycles. The van der Waals surface area contributed by atoms with Crippen LogP contribution in [-0.2, 0) is 6.54 Å². The largest absolute Gasteiger partial charge is 0.506 e. The zero-order valence-corrected chi connectivity index (χ0v) is 19.3. The monoisotopic (exact) mass is 455 g/mol. The van der Waals surface area contributed by atoms with Crippen LogP contribution >= 0.6 is 12.2 Å². The van der Waals surface area contributed by atoms with Crippen LogP contribution in [0.15, 0.2) is 79.3 Å². The molecule has 0 amide bonds. The summed E-state index contributed by atoms with van der Waals surface area (Å²) in [6.07, 6.45) is 5.42. The van der Waals surface area contributed by atoms with Crippen LogP contribution in [0.25, 0.3) is 5.69 Å². The molecule has 4 aromatic rings. The maximum Gasteiger partial charge on any atom is 0.170 e. The van der Waals surface area contributed by atoms with E-state index in [1.54, 1.807) is 18.5 Å². The van der Waals surface area contributed by atoms with E-state index in [9.17, 15) is 5.11 Å². The predicted molar refractivity (Wildman–Crippen MR) is 132 cm³/mol. The SMILES string of the molecule is Cc1cc([C@@H]2[C@H](c3ccccn3)NC(=S)N2Cc2ccncc2)c(C)n1-c1ccccc1O. The molecule has 1 fully saturated rings. The molecule has 5 rings (SSSR count). The van der Waals surface area contributed by atoms with Crippen molar-refractivity contribution in [1.29, 1.82) is 0 Å². The number of aryl methyl sites for hydroxylation is 1. The van der Waals surface area contributed by atoms with Gasteiger partial charge in [-0.25, -0.2) is 0 Å². The van der Waals surface area contributed by atoms with Gasteiger partial charge in [0.15, 0.2) is 5.11 Å². The Hall–Kier alpha value is -3.71. The molecule has 0 saturated carbocycles. The van der Waals surface area contributed by atoms with E-state index in [0.717, 1.165) is 33.9 Å². The van der Waals surface area contributed by atoms with Crippen molar-refractivity contribution >= 4 is 17.3 Å². The first-order chi connectivity index (χ1) is 16.0. The summed E-state index contributed by atoms with van der Waals surface area (Å²) in [4.78, 5) is 11.0. The minimum atomic E-state index is -0.0983. The van der Waals surface area contributed by atoms with Crippen molar-refractivity contribution in [2.75, 3.05) is 0 Å². The van der Waals surface area contributed by atoms with Crippen molar-refractivity contribution in [3.8, 4) is 11.4 Å². The van der Waals surface area contributed by atoms with E-state index in [4.69, 9.17) is 12.2 Å². The maximum absolute atomic E-state index is 10.5. The molecule has 0 spiro atoms. The second kappa shape index (κ2) is 8.67. The van der Waals surface area contributed by atoms with Gasteiger partial charge >= 0.3 is 0 Å². The zero-order chi connectivity index (χ0) is 22.9. The van der Waals surface area contributed by atoms with Gasteiger partial charge in [0, 0.05) is 36.5 Å². The molecule has 2 N–H and O–H groups in total. The van der Waals surface area contributed by atoms with Crippen molar-refractivity contribution in [3.63, 3.8) is 0 Å². The summed E-state index contributed by atoms with van der Waals surface area (Å²) in [6.45, 7) is 4.81. The fourth-order valence-electron chi connectivity index (χ4n) is 4.71. The Morgan fingerprint density at radius 2 is 1.76 bits per heavy atom. The van der Waals surface area contributed by atoms with Gasteiger partial charge in [-0.2, -0.15) is 0 Å². The third kappa shape index (κ3) is 3.85. The molecule has 0 radical (unpaired) electrons. The standard InChI is InChI=1S/C26H25N5OS/c1-17-15-20(18(2)31(17)22-8-3-4-9-23(22)32)25-24(21-7-5-6-12-28-21)29-26(33)30(25)16-19-10-13-27-14-11-19/h3-15,24-25,32H,16H2,1-2H3,(H,29,33)/t24-,25+/m0/s1. The van der Waals surface area contributed by atoms with E-state index in [-0.39, 0.29) is 17.8 Å². The van der Waals surface area contributed by atoms with E-state index in [1.165, 1.54) is 0 Å². The number of hydrogen-bond acceptors (Lipinski definition) is 4. The fraction of sp³-hybridized carbons (Fsp3) is 0.192. The number of aromatic hydroxyl groups is 1. The van der Waals surface area contributed by atoms with Crippen molar-refractivity contribution < 1.29 is 5.11 Å². The summed E-state index contributed by atoms with van der Waals surface area (Å²) in [5.41, 5.74) is 6.09. The lowest BCUT2D eigenvalue weighted by Gasteiger charge is -2.28. The number of phenolic OH excluding ortho intramolecular Hbond substituents is 1. The lowest BCUT2D eigenvalue weighted by Crippen LogP contribution is -2.29. The molecule has 3 aromatic heterocycles. The van der Waals surface area contributed by atoms with Gasteiger partial charge in [-0.05, 0) is 79.7 Å². The van der Waals surface area contributed by atoms with E-state index in [0.29, 0.717) is 11.7 Å². The highest BCUT2D eigenvalue weighted by molar-refractivity contribution is 7.80. The lowest BCUT2D eigenvalue weighted by atomic mass is 9.96. The molecular formula is C26H25N5OS. The molecule has 0 unspecified atom stereocenters. The quantitative estimate of drug-likeness (QED) is 0.423. The number of hydrogen-bond donors (Lipinski definition) is 2. The number of thiocarbonyl (C=S) groups is 1. The third-order valence-corrected chi connectivity index (χ3v) is 6.56. The summed E-state index contributed by atoms with van der Waals surface area (Å²) in [5, 5.41) is 14.7. The van der Waals surface area contributed by atoms with Gasteiger partial charge in [0.1, 0.15) is 5.75 Å². The van der Waals surface area contributed by atoms with Crippen LogP contribution in [0.4, 0.5) is 0 Å². The average molecular weight is 456 g/mol. The van der Waals surface area contributed by atoms with Gasteiger partial charge in [-0.1, -0.05) is 18.2 Å². The Labute approximate surface area is 198 Å². The number of rotatable bonds is 5. The van der Waals surface area contributed by atoms with Crippen molar-refractivity contribution in [2.24, 2.45) is 0 Å². The molecule has 1 aliphatic rings. The normalized spacial score (nSPS) is 17.9. The maximum atomic E-state index is 10.5. The first kappa shape index (κ1) is 21.2. The molecule has 6 nitrogen and oxygen atoms in total. The average Bonchev–Trinajstić information content (AvgIpc) is 3.30. The van der Waals surface area contributed by atoms with Gasteiger partial charge in [0.05, 0.1) is 23.5 Å². The molecule has 1 aliphatic heterocycles. The molecule has 1 saturated heterocycles. The highest BCUT2D eigenvalue weighted by atomic mass is 32.1. The molecule has 0 aliphatic carbocycles. The molecule has 0 bridgehead atoms. The lowest BCUT2D eigenvalue weighted by molar-refractivity contribution is 0.310. The number of aromatic nitrogens is 3. The van der Waals surface area contributed by atoms with Gasteiger partial charge in [-0.3, -0.25) is 9.97 Å². The van der Waals surface area contributed by atoms with Gasteiger partial charge in [-0.15, -0.1) is 0 Å². The Morgan fingerprint density at radius 3 is 2.48 bits per heavy atom. The van der Waals surface area contributed by atoms with Crippen LogP contribution in [0.5, 0.6) is 5.75 Å². The smallest absolute Gasteiger partial charge is 0.170 e. The highest BCUT2D eigenvalue weighted by Crippen LogP contribution is 2.42. The van der Waals surface area contributed by atoms with Crippen LogP contribution < -0.4 is 5.32 Å². The van der Waals surface area contributed by atoms with Gasteiger partial charge in [0.2, 0.25) is 0 Å². The Balaban J connectivity index is 1.63. The molecule has 33 heavy (non-hydrogen) atoms. The molecule has 166 valence electrons. The topological polar surface area (TPSA) is 66.2 Å². The second-order valence-corrected chi connectivity index (χ2v) is 8.65. The zero-order valence-electron chi connectivity index (χ0n) is 18.5. The Kier molecular flexibility index (Phi) is 5.56. The third-order valence-electron chi connectivity index (χ3n) is 6.21. The van der Waals surface area contributed by atoms with Crippen LogP contribution in [-0.4, -0.2) is 29.7 Å². The summed E-state index contributed by atoms with van der Waals surface area (Å²) < 4.78 is 2.10. The van der Waals surface area contributed by atoms with Crippen LogP contribution in [0, 0.1) is 13.8 Å². The first-order valence-electron chi connectivity index (χ1n) is 10.9. The minimum Gasteiger partial charge on any atom is -0.506 e. The van der Waals surface area contributed by atoms with Crippen LogP contribution in [0.1, 0.15) is 40.3 Å². The Bertz CT molecular complexity index is 1290. The van der Waals surface area contributed by atoms with E-state index >= 15 is 0 Å². The first-order valence-corrected chi connectivity index (χ1v) is 11.3.